The summed E-state index contributed by atoms with van der Waals surface area (Å²) in [6, 6.07) is 6.66. The van der Waals surface area contributed by atoms with Crippen LogP contribution in [-0.2, 0) is 14.8 Å². The molecule has 4 nitrogen and oxygen atoms in total. The van der Waals surface area contributed by atoms with E-state index in [1.165, 1.54) is 0 Å². The smallest absolute Gasteiger partial charge is 0.240 e. The maximum atomic E-state index is 12.3. The second-order valence-corrected chi connectivity index (χ2v) is 7.45. The molecule has 0 bridgehead atoms. The van der Waals surface area contributed by atoms with Crippen LogP contribution >= 0.6 is 15.9 Å². The number of halogens is 1. The van der Waals surface area contributed by atoms with E-state index in [0.29, 0.717) is 24.0 Å². The highest BCUT2D eigenvalue weighted by Crippen LogP contribution is 2.21. The van der Waals surface area contributed by atoms with Crippen LogP contribution in [0.2, 0.25) is 0 Å². The first-order chi connectivity index (χ1) is 8.99. The first-order valence-corrected chi connectivity index (χ1v) is 8.62. The van der Waals surface area contributed by atoms with E-state index < -0.39 is 10.0 Å². The molecule has 1 aliphatic heterocycles. The van der Waals surface area contributed by atoms with Gasteiger partial charge in [0.05, 0.1) is 4.90 Å². The van der Waals surface area contributed by atoms with Gasteiger partial charge in [-0.3, -0.25) is 0 Å². The Kier molecular flexibility index (Phi) is 5.00. The predicted molar refractivity (Wildman–Crippen MR) is 77.5 cm³/mol. The van der Waals surface area contributed by atoms with E-state index in [-0.39, 0.29) is 6.04 Å². The fourth-order valence-corrected chi connectivity index (χ4v) is 4.17. The van der Waals surface area contributed by atoms with Gasteiger partial charge in [-0.05, 0) is 43.9 Å². The Morgan fingerprint density at radius 2 is 2.05 bits per heavy atom. The highest BCUT2D eigenvalue weighted by Gasteiger charge is 2.25. The van der Waals surface area contributed by atoms with Gasteiger partial charge in [0.2, 0.25) is 10.0 Å². The van der Waals surface area contributed by atoms with Gasteiger partial charge in [0, 0.05) is 23.7 Å². The SMILES string of the molecule is CC(NS(=O)(=O)c1cccc(Br)c1)C1CCOCC1. The summed E-state index contributed by atoms with van der Waals surface area (Å²) in [5, 5.41) is 0. The molecule has 0 aromatic heterocycles. The molecule has 1 saturated heterocycles. The molecule has 6 heteroatoms. The fraction of sp³-hybridized carbons (Fsp3) is 0.538. The third kappa shape index (κ3) is 4.02. The summed E-state index contributed by atoms with van der Waals surface area (Å²) in [5.41, 5.74) is 0. The van der Waals surface area contributed by atoms with Crippen LogP contribution in [0.15, 0.2) is 33.6 Å². The van der Waals surface area contributed by atoms with Crippen LogP contribution in [0.25, 0.3) is 0 Å². The summed E-state index contributed by atoms with van der Waals surface area (Å²) in [6.07, 6.45) is 1.81. The van der Waals surface area contributed by atoms with Crippen molar-refractivity contribution in [3.63, 3.8) is 0 Å². The minimum Gasteiger partial charge on any atom is -0.381 e. The van der Waals surface area contributed by atoms with Crippen LogP contribution < -0.4 is 4.72 Å². The summed E-state index contributed by atoms with van der Waals surface area (Å²) in [7, 11) is -3.45. The minimum absolute atomic E-state index is 0.0760. The zero-order valence-corrected chi connectivity index (χ0v) is 13.2. The Balaban J connectivity index is 2.08. The first kappa shape index (κ1) is 15.0. The third-order valence-electron chi connectivity index (χ3n) is 3.42. The number of benzene rings is 1. The average molecular weight is 348 g/mol. The third-order valence-corrected chi connectivity index (χ3v) is 5.47. The second-order valence-electron chi connectivity index (χ2n) is 4.82. The van der Waals surface area contributed by atoms with E-state index in [0.717, 1.165) is 17.3 Å². The van der Waals surface area contributed by atoms with Gasteiger partial charge in [-0.2, -0.15) is 0 Å². The molecule has 1 aliphatic rings. The van der Waals surface area contributed by atoms with Gasteiger partial charge < -0.3 is 4.74 Å². The fourth-order valence-electron chi connectivity index (χ4n) is 2.26. The molecule has 1 unspecified atom stereocenters. The zero-order chi connectivity index (χ0) is 13.9. The standard InChI is InChI=1S/C13H18BrNO3S/c1-10(11-5-7-18-8-6-11)15-19(16,17)13-4-2-3-12(14)9-13/h2-4,9-11,15H,5-8H2,1H3. The number of ether oxygens (including phenoxy) is 1. The van der Waals surface area contributed by atoms with Crippen molar-refractivity contribution >= 4 is 26.0 Å². The monoisotopic (exact) mass is 347 g/mol. The number of sulfonamides is 1. The van der Waals surface area contributed by atoms with Crippen LogP contribution in [0.4, 0.5) is 0 Å². The largest absolute Gasteiger partial charge is 0.381 e. The van der Waals surface area contributed by atoms with E-state index in [9.17, 15) is 8.42 Å². The second kappa shape index (κ2) is 6.35. The van der Waals surface area contributed by atoms with E-state index in [1.807, 2.05) is 6.92 Å². The lowest BCUT2D eigenvalue weighted by Gasteiger charge is -2.28. The summed E-state index contributed by atoms with van der Waals surface area (Å²) in [5.74, 6) is 0.343. The highest BCUT2D eigenvalue weighted by atomic mass is 79.9. The molecule has 2 rings (SSSR count). The van der Waals surface area contributed by atoms with E-state index >= 15 is 0 Å². The van der Waals surface area contributed by atoms with Gasteiger partial charge >= 0.3 is 0 Å². The van der Waals surface area contributed by atoms with Gasteiger partial charge in [-0.1, -0.05) is 22.0 Å². The van der Waals surface area contributed by atoms with Gasteiger partial charge in [-0.15, -0.1) is 0 Å². The van der Waals surface area contributed by atoms with Crippen molar-refractivity contribution in [3.05, 3.63) is 28.7 Å². The normalized spacial score (nSPS) is 19.3. The first-order valence-electron chi connectivity index (χ1n) is 6.35. The Labute approximate surface area is 122 Å². The lowest BCUT2D eigenvalue weighted by molar-refractivity contribution is 0.0585. The summed E-state index contributed by atoms with van der Waals surface area (Å²) in [6.45, 7) is 3.35. The Hall–Kier alpha value is -0.430. The molecule has 1 aromatic carbocycles. The van der Waals surface area contributed by atoms with Crippen LogP contribution in [0, 0.1) is 5.92 Å². The summed E-state index contributed by atoms with van der Waals surface area (Å²) >= 11 is 3.29. The van der Waals surface area contributed by atoms with Crippen molar-refractivity contribution < 1.29 is 13.2 Å². The van der Waals surface area contributed by atoms with Crippen LogP contribution in [-0.4, -0.2) is 27.7 Å². The molecule has 106 valence electrons. The van der Waals surface area contributed by atoms with Crippen molar-refractivity contribution in [3.8, 4) is 0 Å². The molecule has 0 radical (unpaired) electrons. The maximum Gasteiger partial charge on any atom is 0.240 e. The van der Waals surface area contributed by atoms with Crippen LogP contribution in [0.1, 0.15) is 19.8 Å². The summed E-state index contributed by atoms with van der Waals surface area (Å²) < 4.78 is 33.4. The van der Waals surface area contributed by atoms with Gasteiger partial charge in [0.25, 0.3) is 0 Å². The van der Waals surface area contributed by atoms with Crippen molar-refractivity contribution in [2.45, 2.75) is 30.7 Å². The lowest BCUT2D eigenvalue weighted by Crippen LogP contribution is -2.40. The topological polar surface area (TPSA) is 55.4 Å². The van der Waals surface area contributed by atoms with Gasteiger partial charge in [0.1, 0.15) is 0 Å². The number of rotatable bonds is 4. The van der Waals surface area contributed by atoms with Crippen LogP contribution in [0.3, 0.4) is 0 Å². The van der Waals surface area contributed by atoms with Crippen LogP contribution in [0.5, 0.6) is 0 Å². The molecule has 1 aromatic rings. The Morgan fingerprint density at radius 1 is 1.37 bits per heavy atom. The van der Waals surface area contributed by atoms with Crippen molar-refractivity contribution in [1.29, 1.82) is 0 Å². The molecular formula is C13H18BrNO3S. The predicted octanol–water partition coefficient (Wildman–Crippen LogP) is 2.54. The van der Waals surface area contributed by atoms with Crippen molar-refractivity contribution in [2.24, 2.45) is 5.92 Å². The molecule has 0 aliphatic carbocycles. The van der Waals surface area contributed by atoms with Gasteiger partial charge in [-0.25, -0.2) is 13.1 Å². The molecular weight excluding hydrogens is 330 g/mol. The number of hydrogen-bond acceptors (Lipinski definition) is 3. The van der Waals surface area contributed by atoms with E-state index in [1.54, 1.807) is 24.3 Å². The maximum absolute atomic E-state index is 12.3. The Bertz CT molecular complexity index is 526. The molecule has 1 N–H and O–H groups in total. The number of hydrogen-bond donors (Lipinski definition) is 1. The minimum atomic E-state index is -3.45. The average Bonchev–Trinajstić information content (AvgIpc) is 2.39. The lowest BCUT2D eigenvalue weighted by atomic mass is 9.94. The van der Waals surface area contributed by atoms with E-state index in [2.05, 4.69) is 20.7 Å². The zero-order valence-electron chi connectivity index (χ0n) is 10.8. The Morgan fingerprint density at radius 3 is 2.68 bits per heavy atom. The molecule has 0 amide bonds. The quantitative estimate of drug-likeness (QED) is 0.910. The summed E-state index contributed by atoms with van der Waals surface area (Å²) in [4.78, 5) is 0.292. The molecule has 1 heterocycles. The molecule has 0 spiro atoms. The highest BCUT2D eigenvalue weighted by molar-refractivity contribution is 9.10. The molecule has 19 heavy (non-hydrogen) atoms. The van der Waals surface area contributed by atoms with Crippen molar-refractivity contribution in [1.82, 2.24) is 4.72 Å². The molecule has 0 saturated carbocycles. The molecule has 1 atom stereocenters. The van der Waals surface area contributed by atoms with Gasteiger partial charge in [0.15, 0.2) is 0 Å². The van der Waals surface area contributed by atoms with E-state index in [4.69, 9.17) is 4.74 Å². The number of nitrogens with one attached hydrogen (secondary N) is 1. The van der Waals surface area contributed by atoms with Crippen molar-refractivity contribution in [2.75, 3.05) is 13.2 Å². The molecule has 1 fully saturated rings.